The molecule has 1 saturated heterocycles. The van der Waals surface area contributed by atoms with Crippen LogP contribution < -0.4 is 10.2 Å². The van der Waals surface area contributed by atoms with Crippen LogP contribution in [0, 0.1) is 15.9 Å². The van der Waals surface area contributed by atoms with Gasteiger partial charge in [0, 0.05) is 42.4 Å². The molecule has 2 heterocycles. The molecule has 34 heavy (non-hydrogen) atoms. The van der Waals surface area contributed by atoms with Crippen molar-refractivity contribution in [2.24, 2.45) is 0 Å². The number of benzene rings is 2. The van der Waals surface area contributed by atoms with Crippen molar-refractivity contribution in [2.45, 2.75) is 62.9 Å². The van der Waals surface area contributed by atoms with Gasteiger partial charge >= 0.3 is 6.03 Å². The van der Waals surface area contributed by atoms with Gasteiger partial charge in [0.25, 0.3) is 5.69 Å². The van der Waals surface area contributed by atoms with Gasteiger partial charge < -0.3 is 5.32 Å². The first-order chi connectivity index (χ1) is 16.4. The summed E-state index contributed by atoms with van der Waals surface area (Å²) in [6.45, 7) is 2.95. The number of fused-ring (bicyclic) bond motifs is 2. The number of likely N-dealkylation sites (tertiary alicyclic amines) is 1. The zero-order chi connectivity index (χ0) is 23.7. The van der Waals surface area contributed by atoms with Crippen molar-refractivity contribution < 1.29 is 14.1 Å². The van der Waals surface area contributed by atoms with Gasteiger partial charge in [-0.25, -0.2) is 9.18 Å². The summed E-state index contributed by atoms with van der Waals surface area (Å²) in [7, 11) is 0. The maximum atomic E-state index is 14.3. The number of hydrogen-bond donors (Lipinski definition) is 1. The normalized spacial score (nSPS) is 20.3. The van der Waals surface area contributed by atoms with E-state index in [1.165, 1.54) is 12.5 Å². The molecule has 3 aliphatic rings. The predicted molar refractivity (Wildman–Crippen MR) is 128 cm³/mol. The summed E-state index contributed by atoms with van der Waals surface area (Å²) < 4.78 is 14.3. The van der Waals surface area contributed by atoms with Crippen LogP contribution in [0.5, 0.6) is 0 Å². The number of nitrogens with one attached hydrogen (secondary N) is 1. The number of urea groups is 1. The molecule has 180 valence electrons. The van der Waals surface area contributed by atoms with Crippen molar-refractivity contribution in [3.05, 3.63) is 69.5 Å². The number of hydrogen-bond acceptors (Lipinski definition) is 4. The average Bonchev–Trinajstić information content (AvgIpc) is 3.15. The molecule has 1 aliphatic carbocycles. The average molecular weight is 467 g/mol. The maximum absolute atomic E-state index is 14.3. The minimum atomic E-state index is -0.388. The molecular weight excluding hydrogens is 435 g/mol. The number of non-ortho nitro benzene ring substituents is 1. The van der Waals surface area contributed by atoms with Crippen LogP contribution in [0.15, 0.2) is 42.5 Å². The van der Waals surface area contributed by atoms with Gasteiger partial charge in [0.05, 0.1) is 4.92 Å². The Morgan fingerprint density at radius 1 is 1.09 bits per heavy atom. The molecular formula is C26H31FN4O3. The highest BCUT2D eigenvalue weighted by Crippen LogP contribution is 2.47. The summed E-state index contributed by atoms with van der Waals surface area (Å²) in [5.41, 5.74) is 2.66. The van der Waals surface area contributed by atoms with Gasteiger partial charge in [-0.3, -0.25) is 19.9 Å². The Balaban J connectivity index is 1.28. The molecule has 7 nitrogen and oxygen atoms in total. The van der Waals surface area contributed by atoms with Crippen molar-refractivity contribution in [3.63, 3.8) is 0 Å². The van der Waals surface area contributed by atoms with E-state index in [2.05, 4.69) is 10.2 Å². The Labute approximate surface area is 199 Å². The second kappa shape index (κ2) is 9.33. The van der Waals surface area contributed by atoms with Crippen molar-refractivity contribution in [1.82, 2.24) is 10.2 Å². The highest BCUT2D eigenvalue weighted by atomic mass is 19.1. The van der Waals surface area contributed by atoms with Crippen LogP contribution >= 0.6 is 0 Å². The Hall–Kier alpha value is -3.00. The molecule has 1 N–H and O–H groups in total. The zero-order valence-corrected chi connectivity index (χ0v) is 19.3. The second-order valence-corrected chi connectivity index (χ2v) is 10.0. The quantitative estimate of drug-likeness (QED) is 0.501. The van der Waals surface area contributed by atoms with E-state index in [0.717, 1.165) is 75.0 Å². The largest absolute Gasteiger partial charge is 0.335 e. The lowest BCUT2D eigenvalue weighted by molar-refractivity contribution is -0.384. The van der Waals surface area contributed by atoms with Gasteiger partial charge in [-0.15, -0.1) is 0 Å². The Bertz CT molecular complexity index is 1060. The number of amides is 2. The Morgan fingerprint density at radius 2 is 1.79 bits per heavy atom. The molecule has 2 aromatic rings. The molecule has 1 spiro atoms. The third-order valence-electron chi connectivity index (χ3n) is 7.83. The first-order valence-corrected chi connectivity index (χ1v) is 12.3. The van der Waals surface area contributed by atoms with Gasteiger partial charge in [0.1, 0.15) is 5.82 Å². The van der Waals surface area contributed by atoms with Crippen LogP contribution in [0.4, 0.5) is 20.6 Å². The fourth-order valence-electron chi connectivity index (χ4n) is 5.87. The maximum Gasteiger partial charge on any atom is 0.322 e. The molecule has 0 radical (unpaired) electrons. The number of carbonyl (C=O) groups is 1. The van der Waals surface area contributed by atoms with E-state index >= 15 is 0 Å². The number of piperidine rings is 1. The van der Waals surface area contributed by atoms with E-state index < -0.39 is 0 Å². The van der Waals surface area contributed by atoms with Crippen molar-refractivity contribution in [2.75, 3.05) is 24.5 Å². The summed E-state index contributed by atoms with van der Waals surface area (Å²) in [5.74, 6) is -0.263. The standard InChI is InChI=1S/C26H31FN4O3/c27-20-8-11-24-23(16-20)26(18-30(24)25(32)28-21-4-2-1-3-5-21)12-14-29(15-13-26)17-19-6-9-22(10-7-19)31(33)34/h6-11,16,21H,1-5,12-15,17-18H2,(H,28,32). The third-order valence-corrected chi connectivity index (χ3v) is 7.83. The summed E-state index contributed by atoms with van der Waals surface area (Å²) in [6, 6.07) is 11.7. The minimum absolute atomic E-state index is 0.0649. The molecule has 5 rings (SSSR count). The molecule has 8 heteroatoms. The van der Waals surface area contributed by atoms with Gasteiger partial charge in [0.2, 0.25) is 0 Å². The predicted octanol–water partition coefficient (Wildman–Crippen LogP) is 5.13. The van der Waals surface area contributed by atoms with Crippen LogP contribution in [-0.2, 0) is 12.0 Å². The lowest BCUT2D eigenvalue weighted by atomic mass is 9.74. The van der Waals surface area contributed by atoms with Crippen LogP contribution in [0.1, 0.15) is 56.1 Å². The molecule has 0 unspecified atom stereocenters. The number of carbonyl (C=O) groups excluding carboxylic acids is 1. The summed E-state index contributed by atoms with van der Waals surface area (Å²) >= 11 is 0. The summed E-state index contributed by atoms with van der Waals surface area (Å²) in [6.07, 6.45) is 7.27. The fraction of sp³-hybridized carbons (Fsp3) is 0.500. The topological polar surface area (TPSA) is 78.7 Å². The van der Waals surface area contributed by atoms with Crippen molar-refractivity contribution in [3.8, 4) is 0 Å². The Kier molecular flexibility index (Phi) is 6.25. The van der Waals surface area contributed by atoms with Gasteiger partial charge in [-0.1, -0.05) is 31.4 Å². The number of nitro benzene ring substituents is 1. The molecule has 2 fully saturated rings. The number of anilines is 1. The number of rotatable bonds is 4. The third kappa shape index (κ3) is 4.51. The van der Waals surface area contributed by atoms with Gasteiger partial charge in [0.15, 0.2) is 0 Å². The van der Waals surface area contributed by atoms with E-state index in [-0.39, 0.29) is 33.9 Å². The van der Waals surface area contributed by atoms with E-state index in [1.54, 1.807) is 36.4 Å². The lowest BCUT2D eigenvalue weighted by Crippen LogP contribution is -2.49. The molecule has 1 saturated carbocycles. The molecule has 2 amide bonds. The number of nitro groups is 1. The summed E-state index contributed by atoms with van der Waals surface area (Å²) in [5, 5.41) is 14.1. The van der Waals surface area contributed by atoms with Crippen LogP contribution in [0.25, 0.3) is 0 Å². The van der Waals surface area contributed by atoms with Gasteiger partial charge in [-0.2, -0.15) is 0 Å². The smallest absolute Gasteiger partial charge is 0.322 e. The van der Waals surface area contributed by atoms with Crippen LogP contribution in [-0.4, -0.2) is 41.5 Å². The van der Waals surface area contributed by atoms with Gasteiger partial charge in [-0.05, 0) is 68.1 Å². The summed E-state index contributed by atoms with van der Waals surface area (Å²) in [4.78, 5) is 27.9. The van der Waals surface area contributed by atoms with Crippen LogP contribution in [0.2, 0.25) is 0 Å². The van der Waals surface area contributed by atoms with Crippen LogP contribution in [0.3, 0.4) is 0 Å². The minimum Gasteiger partial charge on any atom is -0.335 e. The van der Waals surface area contributed by atoms with E-state index in [4.69, 9.17) is 0 Å². The zero-order valence-electron chi connectivity index (χ0n) is 19.3. The fourth-order valence-corrected chi connectivity index (χ4v) is 5.87. The second-order valence-electron chi connectivity index (χ2n) is 10.0. The molecule has 0 bridgehead atoms. The molecule has 0 aromatic heterocycles. The first-order valence-electron chi connectivity index (χ1n) is 12.3. The van der Waals surface area contributed by atoms with E-state index in [0.29, 0.717) is 6.54 Å². The SMILES string of the molecule is O=C(NC1CCCCC1)N1CC2(CCN(Cc3ccc([N+](=O)[O-])cc3)CC2)c2cc(F)ccc21. The lowest BCUT2D eigenvalue weighted by Gasteiger charge is -2.40. The molecule has 2 aliphatic heterocycles. The molecule has 2 aromatic carbocycles. The molecule has 0 atom stereocenters. The monoisotopic (exact) mass is 466 g/mol. The highest BCUT2D eigenvalue weighted by Gasteiger charge is 2.46. The number of nitrogens with zero attached hydrogens (tertiary/aromatic N) is 3. The van der Waals surface area contributed by atoms with Crippen molar-refractivity contribution >= 4 is 17.4 Å². The first kappa shape index (κ1) is 22.8. The van der Waals surface area contributed by atoms with E-state index in [9.17, 15) is 19.3 Å². The number of halogens is 1. The van der Waals surface area contributed by atoms with E-state index in [1.807, 2.05) is 4.90 Å². The highest BCUT2D eigenvalue weighted by molar-refractivity contribution is 5.95. The Morgan fingerprint density at radius 3 is 2.47 bits per heavy atom. The van der Waals surface area contributed by atoms with Crippen molar-refractivity contribution in [1.29, 1.82) is 0 Å².